The molecule has 0 spiro atoms. The summed E-state index contributed by atoms with van der Waals surface area (Å²) in [6.07, 6.45) is 1.12. The van der Waals surface area contributed by atoms with E-state index in [1.807, 2.05) is 0 Å². The molecule has 38 heteroatoms. The molecule has 38 nitrogen and oxygen atoms in total. The van der Waals surface area contributed by atoms with E-state index in [-0.39, 0.29) is 109 Å². The summed E-state index contributed by atoms with van der Waals surface area (Å²) in [6, 6.07) is 27.3. The van der Waals surface area contributed by atoms with Gasteiger partial charge in [-0.05, 0) is 143 Å². The van der Waals surface area contributed by atoms with Crippen LogP contribution in [-0.4, -0.2) is 259 Å². The summed E-state index contributed by atoms with van der Waals surface area (Å²) in [5.41, 5.74) is -4.32. The Hall–Kier alpha value is -14.2. The third-order valence-electron chi connectivity index (χ3n) is 21.1. The van der Waals surface area contributed by atoms with E-state index in [9.17, 15) is 109 Å². The number of aliphatic hydroxyl groups excluding tert-OH is 2. The molecular weight excluding hydrogens is 1660 g/mol. The molecule has 10 aliphatic rings. The Morgan fingerprint density at radius 1 is 0.294 bits per heavy atom. The van der Waals surface area contributed by atoms with Crippen molar-refractivity contribution >= 4 is 96.1 Å². The second kappa shape index (κ2) is 39.6. The van der Waals surface area contributed by atoms with Gasteiger partial charge in [-0.2, -0.15) is 0 Å². The molecule has 0 amide bonds. The molecule has 0 aromatic heterocycles. The van der Waals surface area contributed by atoms with Crippen molar-refractivity contribution in [3.8, 4) is 69.0 Å². The lowest BCUT2D eigenvalue weighted by molar-refractivity contribution is -0.247. The van der Waals surface area contributed by atoms with Crippen LogP contribution in [0.25, 0.3) is 36.5 Å². The molecule has 14 unspecified atom stereocenters. The zero-order chi connectivity index (χ0) is 91.3. The zero-order valence-corrected chi connectivity index (χ0v) is 67.9. The molecule has 6 aromatic carbocycles. The molecule has 16 rings (SSSR count). The number of fused-ring (bicyclic) bond motifs is 10. The number of carbonyl (C=O) groups is 10. The molecule has 126 heavy (non-hydrogen) atoms. The Morgan fingerprint density at radius 3 is 0.802 bits per heavy atom. The summed E-state index contributed by atoms with van der Waals surface area (Å²) >= 11 is 0. The molecule has 668 valence electrons. The van der Waals surface area contributed by atoms with Crippen LogP contribution in [0.5, 0.6) is 69.0 Å². The third kappa shape index (κ3) is 22.2. The van der Waals surface area contributed by atoms with Gasteiger partial charge in [0.05, 0.1) is 54.9 Å². The number of phenolic OH excluding ortho intramolecular Hbond substituents is 6. The highest BCUT2D eigenvalue weighted by molar-refractivity contribution is 5.92. The maximum atomic E-state index is 12.6. The van der Waals surface area contributed by atoms with E-state index in [2.05, 4.69) is 0 Å². The van der Waals surface area contributed by atoms with E-state index in [4.69, 9.17) is 75.8 Å². The molecular formula is C88H88O38. The molecule has 10 fully saturated rings. The minimum Gasteiger partial charge on any atom is -0.504 e. The van der Waals surface area contributed by atoms with Crippen molar-refractivity contribution in [3.63, 3.8) is 0 Å². The first kappa shape index (κ1) is 92.5. The number of aliphatic hydroxyl groups is 6. The Bertz CT molecular complexity index is 5220. The van der Waals surface area contributed by atoms with Crippen LogP contribution in [0.15, 0.2) is 146 Å². The Morgan fingerprint density at radius 2 is 0.516 bits per heavy atom. The van der Waals surface area contributed by atoms with Gasteiger partial charge in [-0.1, -0.05) is 36.4 Å². The molecule has 8 bridgehead atoms. The smallest absolute Gasteiger partial charge is 0.338 e. The van der Waals surface area contributed by atoms with Crippen molar-refractivity contribution in [2.75, 3.05) is 42.7 Å². The highest BCUT2D eigenvalue weighted by Gasteiger charge is 2.63. The van der Waals surface area contributed by atoms with E-state index in [0.717, 1.165) is 36.5 Å². The Kier molecular flexibility index (Phi) is 29.0. The molecule has 12 N–H and O–H groups in total. The molecule has 6 aromatic rings. The lowest BCUT2D eigenvalue weighted by atomic mass is 9.76. The number of rotatable bonds is 24. The van der Waals surface area contributed by atoms with Gasteiger partial charge in [0.1, 0.15) is 36.6 Å². The highest BCUT2D eigenvalue weighted by Crippen LogP contribution is 2.45. The number of carbonyl (C=O) groups excluding carboxylic acids is 10. The Balaban J connectivity index is 0.000000166. The first-order valence-corrected chi connectivity index (χ1v) is 38.5. The SMILES string of the molecule is COc1ccc(/C=C/C(=O)OC2C(O)CC3(O)CC2OC3=O)cc1O.COc1ccc(/C=C/C(=O)OC2CC3(O)CC(O)C2OC3=O)cc1O.COc1ccc(/C=C/C(=O)OC2CC3(O)CC(OC(=O)/C=C/c4ccc(OC)c(O)c4)C2OC3=O)cc1O.COc1ccc(/C=C/C(=O)OC2CC3(O)CC(OC3=O)C2OC(=O)/C=C/c2ccc(OC)c(O)c2)cc1O. The van der Waals surface area contributed by atoms with Gasteiger partial charge in [-0.25, -0.2) is 47.9 Å². The van der Waals surface area contributed by atoms with Crippen LogP contribution in [-0.2, 0) is 95.3 Å². The second-order valence-electron chi connectivity index (χ2n) is 29.8. The third-order valence-corrected chi connectivity index (χ3v) is 21.1. The summed E-state index contributed by atoms with van der Waals surface area (Å²) in [4.78, 5) is 121. The van der Waals surface area contributed by atoms with Gasteiger partial charge in [-0.3, -0.25) is 0 Å². The molecule has 14 atom stereocenters. The van der Waals surface area contributed by atoms with Crippen LogP contribution < -0.4 is 28.4 Å². The van der Waals surface area contributed by atoms with Gasteiger partial charge in [0, 0.05) is 87.8 Å². The van der Waals surface area contributed by atoms with E-state index in [1.165, 1.54) is 140 Å². The quantitative estimate of drug-likeness (QED) is 0.0225. The van der Waals surface area contributed by atoms with Gasteiger partial charge < -0.3 is 137 Å². The van der Waals surface area contributed by atoms with Crippen molar-refractivity contribution in [1.82, 2.24) is 0 Å². The fourth-order valence-electron chi connectivity index (χ4n) is 14.8. The summed E-state index contributed by atoms with van der Waals surface area (Å²) in [5, 5.41) is 120. The molecule has 4 aliphatic carbocycles. The van der Waals surface area contributed by atoms with Gasteiger partial charge in [0.25, 0.3) is 0 Å². The number of ether oxygens (including phenoxy) is 16. The van der Waals surface area contributed by atoms with Crippen LogP contribution in [0, 0.1) is 0 Å². The molecule has 6 aliphatic heterocycles. The monoisotopic (exact) mass is 1750 g/mol. The number of aromatic hydroxyl groups is 6. The fraction of sp³-hybridized carbons (Fsp3) is 0.341. The standard InChI is InChI=1S/2C27H26O11.2C17H18O8/c1-34-19-7-3-15(11-17(19)28)5-9-23(30)36-21-13-27(33)14-22(37-26(27)32)25(21)38-24(31)10-6-16-4-8-20(35-2)18(29)12-16;1-34-19-7-3-15(11-17(19)28)5-9-23(30)36-21-13-27(33)14-22(25(21)38-26(27)32)37-24(31)10-6-16-4-8-20(35-2)18(29)12-16;1-23-12-4-2-9(6-10(12)18)3-5-14(20)25-15-11(19)7-17(22)8-13(15)24-16(17)21;1-23-12-4-2-9(6-10(12)18)3-5-14(20)24-13-8-17(22)7-11(19)15(13)25-16(17)21/h2*3-12,21-22,25,28-29,33H,13-14H2,1-2H3;2*2-6,11,13,15,18-19,22H,7-8H2,1H3/b2*9-5+,10-6+;2*5-3+. The largest absolute Gasteiger partial charge is 0.504 e. The van der Waals surface area contributed by atoms with Crippen LogP contribution in [0.2, 0.25) is 0 Å². The number of hydrogen-bond donors (Lipinski definition) is 12. The predicted octanol–water partition coefficient (Wildman–Crippen LogP) is 4.51. The van der Waals surface area contributed by atoms with Crippen molar-refractivity contribution in [3.05, 3.63) is 179 Å². The average molecular weight is 1750 g/mol. The number of benzene rings is 6. The summed E-state index contributed by atoms with van der Waals surface area (Å²) in [7, 11) is 8.49. The molecule has 0 radical (unpaired) electrons. The first-order valence-electron chi connectivity index (χ1n) is 38.5. The van der Waals surface area contributed by atoms with E-state index in [0.29, 0.717) is 44.9 Å². The number of hydrogen-bond acceptors (Lipinski definition) is 38. The molecule has 6 saturated heterocycles. The minimum absolute atomic E-state index is 0.0170. The van der Waals surface area contributed by atoms with Gasteiger partial charge >= 0.3 is 59.7 Å². The van der Waals surface area contributed by atoms with E-state index < -0.39 is 155 Å². The van der Waals surface area contributed by atoms with Crippen LogP contribution >= 0.6 is 0 Å². The van der Waals surface area contributed by atoms with Crippen molar-refractivity contribution < 1.29 is 185 Å². The number of methoxy groups -OCH3 is 6. The van der Waals surface area contributed by atoms with E-state index in [1.54, 1.807) is 48.5 Å². The molecule has 4 saturated carbocycles. The number of phenols is 6. The first-order chi connectivity index (χ1) is 59.9. The van der Waals surface area contributed by atoms with Crippen LogP contribution in [0.1, 0.15) is 84.7 Å². The highest BCUT2D eigenvalue weighted by atomic mass is 16.7. The van der Waals surface area contributed by atoms with E-state index >= 15 is 0 Å². The number of esters is 10. The van der Waals surface area contributed by atoms with Crippen molar-refractivity contribution in [1.29, 1.82) is 0 Å². The van der Waals surface area contributed by atoms with Crippen LogP contribution in [0.3, 0.4) is 0 Å². The summed E-state index contributed by atoms with van der Waals surface area (Å²) in [6.45, 7) is 0. The Labute approximate surface area is 715 Å². The maximum absolute atomic E-state index is 12.6. The fourth-order valence-corrected chi connectivity index (χ4v) is 14.8. The average Bonchev–Trinajstić information content (AvgIpc) is 0.781. The van der Waals surface area contributed by atoms with Crippen molar-refractivity contribution in [2.45, 2.75) is 147 Å². The predicted molar refractivity (Wildman–Crippen MR) is 430 cm³/mol. The van der Waals surface area contributed by atoms with Gasteiger partial charge in [0.15, 0.2) is 116 Å². The minimum atomic E-state index is -1.98. The van der Waals surface area contributed by atoms with Crippen LogP contribution in [0.4, 0.5) is 0 Å². The van der Waals surface area contributed by atoms with Gasteiger partial charge in [-0.15, -0.1) is 0 Å². The lowest BCUT2D eigenvalue weighted by Crippen LogP contribution is -2.65. The summed E-state index contributed by atoms with van der Waals surface area (Å²) < 4.78 is 82.2. The normalized spacial score (nSPS) is 27.0. The lowest BCUT2D eigenvalue weighted by Gasteiger charge is -2.48. The second-order valence-corrected chi connectivity index (χ2v) is 29.8. The van der Waals surface area contributed by atoms with Crippen molar-refractivity contribution in [2.24, 2.45) is 0 Å². The summed E-state index contributed by atoms with van der Waals surface area (Å²) in [5.74, 6) is -6.95. The maximum Gasteiger partial charge on any atom is 0.338 e. The topological polar surface area (TPSA) is 561 Å². The van der Waals surface area contributed by atoms with Gasteiger partial charge in [0.2, 0.25) is 0 Å². The zero-order valence-electron chi connectivity index (χ0n) is 67.9. The molecule has 6 heterocycles.